The molecular weight excluding hydrogens is 394 g/mol. The molecule has 110 valence electrons. The molecule has 0 atom stereocenters. The molecule has 0 unspecified atom stereocenters. The van der Waals surface area contributed by atoms with Gasteiger partial charge >= 0.3 is 0 Å². The first kappa shape index (κ1) is 14.9. The number of rotatable bonds is 3. The number of piperazine rings is 1. The number of nitrogens with zero attached hydrogens (tertiary/aromatic N) is 3. The van der Waals surface area contributed by atoms with E-state index in [-0.39, 0.29) is 0 Å². The van der Waals surface area contributed by atoms with Gasteiger partial charge in [-0.05, 0) is 29.8 Å². The molecule has 1 aliphatic rings. The molecule has 0 aliphatic carbocycles. The summed E-state index contributed by atoms with van der Waals surface area (Å²) in [6.07, 6.45) is 1.86. The van der Waals surface area contributed by atoms with E-state index in [0.717, 1.165) is 37.3 Å². The predicted octanol–water partition coefficient (Wildman–Crippen LogP) is 4.07. The van der Waals surface area contributed by atoms with Crippen molar-refractivity contribution in [2.75, 3.05) is 36.0 Å². The van der Waals surface area contributed by atoms with E-state index in [0.29, 0.717) is 0 Å². The van der Waals surface area contributed by atoms with Crippen LogP contribution in [0.25, 0.3) is 0 Å². The van der Waals surface area contributed by atoms with Gasteiger partial charge in [0.15, 0.2) is 0 Å². The zero-order chi connectivity index (χ0) is 14.7. The van der Waals surface area contributed by atoms with Crippen molar-refractivity contribution in [3.63, 3.8) is 0 Å². The van der Waals surface area contributed by atoms with Crippen molar-refractivity contribution in [3.05, 3.63) is 52.6 Å². The van der Waals surface area contributed by atoms with Crippen molar-refractivity contribution in [2.45, 2.75) is 5.33 Å². The van der Waals surface area contributed by atoms with Gasteiger partial charge in [-0.15, -0.1) is 0 Å². The van der Waals surface area contributed by atoms with Crippen LogP contribution >= 0.6 is 31.9 Å². The second-order valence-corrected chi connectivity index (χ2v) is 6.49. The van der Waals surface area contributed by atoms with Crippen LogP contribution in [0.1, 0.15) is 5.56 Å². The number of benzene rings is 1. The Morgan fingerprint density at radius 3 is 2.38 bits per heavy atom. The van der Waals surface area contributed by atoms with Crippen LogP contribution in [0.15, 0.2) is 47.1 Å². The SMILES string of the molecule is BrCc1ccc(N2CCN(c3ccccn3)CC2)cc1Br. The minimum absolute atomic E-state index is 0.876. The van der Waals surface area contributed by atoms with Crippen LogP contribution in [0.5, 0.6) is 0 Å². The molecule has 1 aliphatic heterocycles. The quantitative estimate of drug-likeness (QED) is 0.711. The van der Waals surface area contributed by atoms with Crippen LogP contribution in [0.2, 0.25) is 0 Å². The first-order chi connectivity index (χ1) is 10.3. The molecule has 2 heterocycles. The van der Waals surface area contributed by atoms with E-state index >= 15 is 0 Å². The van der Waals surface area contributed by atoms with Gasteiger partial charge in [-0.3, -0.25) is 0 Å². The number of hydrogen-bond donors (Lipinski definition) is 0. The molecule has 0 N–H and O–H groups in total. The molecule has 3 nitrogen and oxygen atoms in total. The summed E-state index contributed by atoms with van der Waals surface area (Å²) in [5, 5.41) is 0.876. The van der Waals surface area contributed by atoms with Crippen LogP contribution in [-0.2, 0) is 5.33 Å². The molecule has 0 radical (unpaired) electrons. The average Bonchev–Trinajstić information content (AvgIpc) is 2.56. The third-order valence-corrected chi connectivity index (χ3v) is 5.14. The Bertz CT molecular complexity index is 596. The zero-order valence-corrected chi connectivity index (χ0v) is 14.8. The van der Waals surface area contributed by atoms with E-state index < -0.39 is 0 Å². The summed E-state index contributed by atoms with van der Waals surface area (Å²) < 4.78 is 1.17. The van der Waals surface area contributed by atoms with Gasteiger partial charge in [-0.25, -0.2) is 4.98 Å². The second kappa shape index (κ2) is 6.79. The number of aromatic nitrogens is 1. The highest BCUT2D eigenvalue weighted by Gasteiger charge is 2.18. The highest BCUT2D eigenvalue weighted by atomic mass is 79.9. The Hall–Kier alpha value is -1.07. The third-order valence-electron chi connectivity index (χ3n) is 3.80. The lowest BCUT2D eigenvalue weighted by molar-refractivity contribution is 0.647. The van der Waals surface area contributed by atoms with Crippen molar-refractivity contribution in [1.29, 1.82) is 0 Å². The van der Waals surface area contributed by atoms with Gasteiger partial charge in [0.1, 0.15) is 5.82 Å². The molecular formula is C16H17Br2N3. The minimum Gasteiger partial charge on any atom is -0.368 e. The standard InChI is InChI=1S/C16H17Br2N3/c17-12-13-4-5-14(11-15(13)18)20-7-9-21(10-8-20)16-3-1-2-6-19-16/h1-6,11H,7-10,12H2. The number of hydrogen-bond acceptors (Lipinski definition) is 3. The summed E-state index contributed by atoms with van der Waals surface area (Å²) >= 11 is 7.15. The van der Waals surface area contributed by atoms with Gasteiger partial charge in [0.2, 0.25) is 0 Å². The van der Waals surface area contributed by atoms with E-state index in [9.17, 15) is 0 Å². The topological polar surface area (TPSA) is 19.4 Å². The zero-order valence-electron chi connectivity index (χ0n) is 11.7. The van der Waals surface area contributed by atoms with Gasteiger partial charge in [-0.2, -0.15) is 0 Å². The third kappa shape index (κ3) is 3.40. The smallest absolute Gasteiger partial charge is 0.128 e. The normalized spacial score (nSPS) is 15.3. The van der Waals surface area contributed by atoms with Gasteiger partial charge < -0.3 is 9.80 Å². The Morgan fingerprint density at radius 1 is 1.00 bits per heavy atom. The first-order valence-electron chi connectivity index (χ1n) is 7.03. The highest BCUT2D eigenvalue weighted by molar-refractivity contribution is 9.10. The molecule has 0 spiro atoms. The Labute approximate surface area is 142 Å². The molecule has 2 aromatic rings. The van der Waals surface area contributed by atoms with E-state index in [1.807, 2.05) is 18.3 Å². The number of alkyl halides is 1. The van der Waals surface area contributed by atoms with E-state index in [2.05, 4.69) is 70.9 Å². The number of pyridine rings is 1. The van der Waals surface area contributed by atoms with Crippen LogP contribution in [0.4, 0.5) is 11.5 Å². The van der Waals surface area contributed by atoms with Gasteiger partial charge in [-0.1, -0.05) is 44.0 Å². The summed E-state index contributed by atoms with van der Waals surface area (Å²) in [5.41, 5.74) is 2.57. The largest absolute Gasteiger partial charge is 0.368 e. The lowest BCUT2D eigenvalue weighted by atomic mass is 10.2. The van der Waals surface area contributed by atoms with Gasteiger partial charge in [0.05, 0.1) is 0 Å². The van der Waals surface area contributed by atoms with Crippen LogP contribution in [0, 0.1) is 0 Å². The fraction of sp³-hybridized carbons (Fsp3) is 0.312. The highest BCUT2D eigenvalue weighted by Crippen LogP contribution is 2.27. The summed E-state index contributed by atoms with van der Waals surface area (Å²) in [6.45, 7) is 4.07. The molecule has 1 saturated heterocycles. The summed E-state index contributed by atoms with van der Waals surface area (Å²) in [5.74, 6) is 1.08. The maximum atomic E-state index is 4.43. The maximum Gasteiger partial charge on any atom is 0.128 e. The molecule has 3 rings (SSSR count). The van der Waals surface area contributed by atoms with Gasteiger partial charge in [0.25, 0.3) is 0 Å². The molecule has 0 amide bonds. The van der Waals surface area contributed by atoms with E-state index in [4.69, 9.17) is 0 Å². The first-order valence-corrected chi connectivity index (χ1v) is 8.94. The Balaban J connectivity index is 1.67. The predicted molar refractivity (Wildman–Crippen MR) is 95.4 cm³/mol. The number of anilines is 2. The van der Waals surface area contributed by atoms with Crippen molar-refractivity contribution in [1.82, 2.24) is 4.98 Å². The van der Waals surface area contributed by atoms with Crippen molar-refractivity contribution in [2.24, 2.45) is 0 Å². The molecule has 0 saturated carbocycles. The molecule has 5 heteroatoms. The fourth-order valence-electron chi connectivity index (χ4n) is 2.58. The molecule has 1 aromatic carbocycles. The average molecular weight is 411 g/mol. The lowest BCUT2D eigenvalue weighted by Gasteiger charge is -2.36. The van der Waals surface area contributed by atoms with Crippen LogP contribution in [0.3, 0.4) is 0 Å². The lowest BCUT2D eigenvalue weighted by Crippen LogP contribution is -2.46. The van der Waals surface area contributed by atoms with Crippen molar-refractivity contribution >= 4 is 43.4 Å². The molecule has 1 fully saturated rings. The summed E-state index contributed by atoms with van der Waals surface area (Å²) in [6, 6.07) is 12.7. The van der Waals surface area contributed by atoms with E-state index in [1.54, 1.807) is 0 Å². The van der Waals surface area contributed by atoms with Crippen molar-refractivity contribution < 1.29 is 0 Å². The molecule has 1 aromatic heterocycles. The Kier molecular flexibility index (Phi) is 4.80. The van der Waals surface area contributed by atoms with E-state index in [1.165, 1.54) is 15.7 Å². The fourth-order valence-corrected chi connectivity index (χ4v) is 3.95. The minimum atomic E-state index is 0.876. The summed E-state index contributed by atoms with van der Waals surface area (Å²) in [4.78, 5) is 9.21. The monoisotopic (exact) mass is 409 g/mol. The van der Waals surface area contributed by atoms with Crippen LogP contribution < -0.4 is 9.80 Å². The van der Waals surface area contributed by atoms with Crippen LogP contribution in [-0.4, -0.2) is 31.2 Å². The molecule has 0 bridgehead atoms. The molecule has 21 heavy (non-hydrogen) atoms. The maximum absolute atomic E-state index is 4.43. The Morgan fingerprint density at radius 2 is 1.76 bits per heavy atom. The second-order valence-electron chi connectivity index (χ2n) is 5.07. The van der Waals surface area contributed by atoms with Gasteiger partial charge in [0, 0.05) is 47.9 Å². The number of halogens is 2. The summed E-state index contributed by atoms with van der Waals surface area (Å²) in [7, 11) is 0. The van der Waals surface area contributed by atoms with Crippen molar-refractivity contribution in [3.8, 4) is 0 Å².